The predicted molar refractivity (Wildman–Crippen MR) is 251 cm³/mol. The first kappa shape index (κ1) is 35.2. The molecule has 0 atom stereocenters. The van der Waals surface area contributed by atoms with Crippen LogP contribution in [0.4, 0.5) is 0 Å². The van der Waals surface area contributed by atoms with Crippen molar-refractivity contribution in [1.82, 2.24) is 15.0 Å². The number of aromatic nitrogens is 3. The van der Waals surface area contributed by atoms with Gasteiger partial charge in [0.25, 0.3) is 0 Å². The van der Waals surface area contributed by atoms with Crippen LogP contribution in [0, 0.1) is 0 Å². The van der Waals surface area contributed by atoms with Crippen LogP contribution in [0.5, 0.6) is 0 Å². The van der Waals surface area contributed by atoms with Gasteiger partial charge in [-0.2, -0.15) is 0 Å². The summed E-state index contributed by atoms with van der Waals surface area (Å²) in [6.07, 6.45) is 6.35. The van der Waals surface area contributed by atoms with E-state index in [-0.39, 0.29) is 5.41 Å². The first-order valence-corrected chi connectivity index (χ1v) is 21.7. The van der Waals surface area contributed by atoms with Gasteiger partial charge in [0.05, 0.1) is 0 Å². The van der Waals surface area contributed by atoms with E-state index in [1.54, 1.807) is 0 Å². The van der Waals surface area contributed by atoms with Gasteiger partial charge in [-0.1, -0.05) is 135 Å². The number of nitrogens with zero attached hydrogens (tertiary/aromatic N) is 3. The molecule has 0 N–H and O–H groups in total. The van der Waals surface area contributed by atoms with Gasteiger partial charge in [-0.15, -0.1) is 0 Å². The average molecular weight is 798 g/mol. The van der Waals surface area contributed by atoms with Crippen molar-refractivity contribution in [2.45, 2.75) is 37.5 Å². The van der Waals surface area contributed by atoms with Crippen molar-refractivity contribution in [3.05, 3.63) is 187 Å². The molecule has 8 aromatic carbocycles. The molecule has 3 heterocycles. The minimum atomic E-state index is 0.128. The number of rotatable bonds is 5. The molecule has 62 heavy (non-hydrogen) atoms. The van der Waals surface area contributed by atoms with Gasteiger partial charge in [-0.05, 0) is 118 Å². The number of para-hydroxylation sites is 2. The van der Waals surface area contributed by atoms with E-state index < -0.39 is 0 Å². The van der Waals surface area contributed by atoms with E-state index in [4.69, 9.17) is 23.8 Å². The van der Waals surface area contributed by atoms with Gasteiger partial charge in [0, 0.05) is 43.7 Å². The first-order chi connectivity index (χ1) is 30.6. The summed E-state index contributed by atoms with van der Waals surface area (Å²) in [5, 5.41) is 4.17. The Morgan fingerprint density at radius 2 is 0.806 bits per heavy atom. The summed E-state index contributed by atoms with van der Waals surface area (Å²) in [5.74, 6) is 1.80. The number of furan rings is 2. The Morgan fingerprint density at radius 1 is 0.323 bits per heavy atom. The Labute approximate surface area is 358 Å². The van der Waals surface area contributed by atoms with Crippen molar-refractivity contribution < 1.29 is 8.83 Å². The molecule has 294 valence electrons. The van der Waals surface area contributed by atoms with Gasteiger partial charge in [0.1, 0.15) is 22.3 Å². The van der Waals surface area contributed by atoms with E-state index in [1.807, 2.05) is 60.7 Å². The van der Waals surface area contributed by atoms with Crippen molar-refractivity contribution in [2.75, 3.05) is 0 Å². The fourth-order valence-corrected chi connectivity index (χ4v) is 10.5. The molecule has 13 rings (SSSR count). The quantitative estimate of drug-likeness (QED) is 0.174. The van der Waals surface area contributed by atoms with Crippen LogP contribution in [0.3, 0.4) is 0 Å². The second-order valence-electron chi connectivity index (χ2n) is 17.0. The van der Waals surface area contributed by atoms with Crippen LogP contribution in [0.15, 0.2) is 185 Å². The van der Waals surface area contributed by atoms with Gasteiger partial charge >= 0.3 is 0 Å². The van der Waals surface area contributed by atoms with Crippen LogP contribution in [0.25, 0.3) is 111 Å². The Kier molecular flexibility index (Phi) is 7.77. The number of hydrogen-bond acceptors (Lipinski definition) is 5. The molecule has 5 nitrogen and oxygen atoms in total. The fourth-order valence-electron chi connectivity index (χ4n) is 10.5. The van der Waals surface area contributed by atoms with E-state index in [0.717, 1.165) is 66.1 Å². The molecule has 0 unspecified atom stereocenters. The number of hydrogen-bond donors (Lipinski definition) is 0. The smallest absolute Gasteiger partial charge is 0.164 e. The van der Waals surface area contributed by atoms with E-state index in [1.165, 1.54) is 71.0 Å². The Bertz CT molecular complexity index is 3440. The summed E-state index contributed by atoms with van der Waals surface area (Å²) >= 11 is 0. The topological polar surface area (TPSA) is 65.0 Å². The van der Waals surface area contributed by atoms with Gasteiger partial charge in [0.15, 0.2) is 17.5 Å². The van der Waals surface area contributed by atoms with Crippen LogP contribution in [0.2, 0.25) is 0 Å². The fraction of sp³-hybridized carbons (Fsp3) is 0.105. The van der Waals surface area contributed by atoms with Crippen molar-refractivity contribution in [1.29, 1.82) is 0 Å². The number of benzene rings is 8. The van der Waals surface area contributed by atoms with Gasteiger partial charge in [-0.3, -0.25) is 0 Å². The van der Waals surface area contributed by atoms with E-state index in [0.29, 0.717) is 17.5 Å². The largest absolute Gasteiger partial charge is 0.456 e. The summed E-state index contributed by atoms with van der Waals surface area (Å²) in [6, 6.07) is 62.5. The maximum atomic E-state index is 6.17. The molecule has 3 aromatic heterocycles. The highest BCUT2D eigenvalue weighted by molar-refractivity contribution is 6.07. The second kappa shape index (κ2) is 13.7. The summed E-state index contributed by atoms with van der Waals surface area (Å²) in [4.78, 5) is 15.4. The molecular formula is C57H39N3O2. The maximum Gasteiger partial charge on any atom is 0.164 e. The average Bonchev–Trinajstić information content (AvgIpc) is 3.99. The lowest BCUT2D eigenvalue weighted by Gasteiger charge is -2.36. The van der Waals surface area contributed by atoms with Crippen molar-refractivity contribution in [3.63, 3.8) is 0 Å². The lowest BCUT2D eigenvalue weighted by Crippen LogP contribution is -2.28. The third kappa shape index (κ3) is 5.51. The van der Waals surface area contributed by atoms with Crippen LogP contribution in [-0.2, 0) is 5.41 Å². The Morgan fingerprint density at radius 3 is 1.47 bits per heavy atom. The monoisotopic (exact) mass is 797 g/mol. The molecule has 0 radical (unpaired) electrons. The maximum absolute atomic E-state index is 6.17. The third-order valence-electron chi connectivity index (χ3n) is 13.6. The van der Waals surface area contributed by atoms with Crippen molar-refractivity contribution >= 4 is 43.9 Å². The van der Waals surface area contributed by atoms with E-state index in [2.05, 4.69) is 115 Å². The summed E-state index contributed by atoms with van der Waals surface area (Å²) in [6.45, 7) is 0. The van der Waals surface area contributed by atoms with Crippen LogP contribution in [-0.4, -0.2) is 15.0 Å². The summed E-state index contributed by atoms with van der Waals surface area (Å²) in [7, 11) is 0. The van der Waals surface area contributed by atoms with Gasteiger partial charge in [-0.25, -0.2) is 15.0 Å². The SMILES string of the molecule is c1cc(-c2ccc(-c3nc(-c4ccc5oc6ccccc6c5c4)nc(-c4ccc5oc6ccccc6c5c4)n3)cc2)cc(-c2ccc3c(c2)C2(CCCCC2)c2ccccc2-3)c1. The molecule has 1 fully saturated rings. The van der Waals surface area contributed by atoms with Gasteiger partial charge in [0.2, 0.25) is 0 Å². The lowest BCUT2D eigenvalue weighted by molar-refractivity contribution is 0.353. The standard InChI is InChI=1S/C57H39N3O2/c1-8-29-57(30-9-1)48-16-5-2-13-42(48)43-26-23-39(34-49(43)57)38-12-10-11-37(31-38)35-19-21-36(22-20-35)54-58-55(40-24-27-52-46(32-40)44-14-3-6-17-50(44)61-52)60-56(59-54)41-25-28-53-47(33-41)45-15-4-7-18-51(45)62-53/h2-7,10-28,31-34H,1,8-9,29-30H2. The highest BCUT2D eigenvalue weighted by atomic mass is 16.3. The van der Waals surface area contributed by atoms with Crippen LogP contribution in [0.1, 0.15) is 43.2 Å². The first-order valence-electron chi connectivity index (χ1n) is 21.7. The third-order valence-corrected chi connectivity index (χ3v) is 13.6. The Balaban J connectivity index is 0.885. The molecule has 5 heteroatoms. The molecule has 0 amide bonds. The summed E-state index contributed by atoms with van der Waals surface area (Å²) in [5.41, 5.74) is 16.9. The molecule has 0 bridgehead atoms. The molecular weight excluding hydrogens is 759 g/mol. The van der Waals surface area contributed by atoms with Gasteiger partial charge < -0.3 is 8.83 Å². The number of fused-ring (bicyclic) bond motifs is 11. The molecule has 1 saturated carbocycles. The van der Waals surface area contributed by atoms with E-state index in [9.17, 15) is 0 Å². The lowest BCUT2D eigenvalue weighted by atomic mass is 9.67. The molecule has 2 aliphatic carbocycles. The van der Waals surface area contributed by atoms with E-state index >= 15 is 0 Å². The van der Waals surface area contributed by atoms with Crippen LogP contribution >= 0.6 is 0 Å². The molecule has 2 aliphatic rings. The zero-order chi connectivity index (χ0) is 40.8. The molecule has 11 aromatic rings. The molecule has 1 spiro atoms. The highest BCUT2D eigenvalue weighted by Gasteiger charge is 2.43. The minimum absolute atomic E-state index is 0.128. The zero-order valence-electron chi connectivity index (χ0n) is 33.9. The molecule has 0 saturated heterocycles. The zero-order valence-corrected chi connectivity index (χ0v) is 33.9. The highest BCUT2D eigenvalue weighted by Crippen LogP contribution is 2.56. The minimum Gasteiger partial charge on any atom is -0.456 e. The predicted octanol–water partition coefficient (Wildman–Crippen LogP) is 15.2. The van der Waals surface area contributed by atoms with Crippen molar-refractivity contribution in [2.24, 2.45) is 0 Å². The summed E-state index contributed by atoms with van der Waals surface area (Å²) < 4.78 is 12.3. The second-order valence-corrected chi connectivity index (χ2v) is 17.0. The van der Waals surface area contributed by atoms with Crippen molar-refractivity contribution in [3.8, 4) is 67.5 Å². The normalized spacial score (nSPS) is 14.3. The molecule has 0 aliphatic heterocycles. The Hall–Kier alpha value is -7.63. The van der Waals surface area contributed by atoms with Crippen LogP contribution < -0.4 is 0 Å².